The number of rotatable bonds is 2. The van der Waals surface area contributed by atoms with Crippen LogP contribution in [0.1, 0.15) is 5.56 Å². The summed E-state index contributed by atoms with van der Waals surface area (Å²) in [6, 6.07) is 40.5. The van der Waals surface area contributed by atoms with Gasteiger partial charge in [0.1, 0.15) is 18.6 Å². The van der Waals surface area contributed by atoms with Crippen molar-refractivity contribution >= 4 is 11.2 Å². The average molecular weight is 517 g/mol. The van der Waals surface area contributed by atoms with Crippen LogP contribution in [0, 0.1) is 6.92 Å². The fraction of sp³-hybridized carbons (Fsp3) is 0.0541. The van der Waals surface area contributed by atoms with Crippen LogP contribution in [0.15, 0.2) is 130 Å². The van der Waals surface area contributed by atoms with E-state index in [0.717, 1.165) is 56.2 Å². The van der Waals surface area contributed by atoms with Crippen molar-refractivity contribution in [1.82, 2.24) is 0 Å². The summed E-state index contributed by atoms with van der Waals surface area (Å²) in [5, 5.41) is 0. The van der Waals surface area contributed by atoms with E-state index < -0.39 is 0 Å². The lowest BCUT2D eigenvalue weighted by atomic mass is 9.83. The van der Waals surface area contributed by atoms with Crippen LogP contribution in [0.2, 0.25) is 0 Å². The Hall–Kier alpha value is -5.15. The van der Waals surface area contributed by atoms with Crippen LogP contribution >= 0.6 is 0 Å². The van der Waals surface area contributed by atoms with Gasteiger partial charge in [0.25, 0.3) is 0 Å². The van der Waals surface area contributed by atoms with Crippen molar-refractivity contribution in [3.63, 3.8) is 0 Å². The zero-order valence-electron chi connectivity index (χ0n) is 22.3. The molecule has 0 fully saturated rings. The molecule has 3 heteroatoms. The predicted octanol–water partition coefficient (Wildman–Crippen LogP) is 9.47. The van der Waals surface area contributed by atoms with Gasteiger partial charge in [0.15, 0.2) is 17.4 Å². The molecular formula is C37H26NO2+. The number of nitrogens with zero attached hydrogens (tertiary/aromatic N) is 1. The summed E-state index contributed by atoms with van der Waals surface area (Å²) in [6.45, 7) is 2.15. The van der Waals surface area contributed by atoms with Gasteiger partial charge in [0.05, 0.1) is 5.56 Å². The molecule has 0 amide bonds. The first kappa shape index (κ1) is 22.8. The molecule has 4 aromatic carbocycles. The van der Waals surface area contributed by atoms with E-state index in [2.05, 4.69) is 134 Å². The van der Waals surface area contributed by atoms with E-state index in [4.69, 9.17) is 8.83 Å². The maximum atomic E-state index is 6.71. The summed E-state index contributed by atoms with van der Waals surface area (Å²) in [6.07, 6.45) is 2.09. The zero-order valence-corrected chi connectivity index (χ0v) is 22.3. The number of aryl methyl sites for hydroxylation is 2. The second kappa shape index (κ2) is 8.69. The Morgan fingerprint density at radius 3 is 1.77 bits per heavy atom. The van der Waals surface area contributed by atoms with Gasteiger partial charge in [0.2, 0.25) is 5.69 Å². The summed E-state index contributed by atoms with van der Waals surface area (Å²) in [5.41, 5.74) is 14.0. The minimum atomic E-state index is 0.751. The van der Waals surface area contributed by atoms with Crippen LogP contribution in [-0.2, 0) is 7.05 Å². The average Bonchev–Trinajstić information content (AvgIpc) is 3.56. The summed E-state index contributed by atoms with van der Waals surface area (Å²) in [4.78, 5) is 0. The number of furan rings is 2. The van der Waals surface area contributed by atoms with Crippen LogP contribution in [0.25, 0.3) is 78.5 Å². The van der Waals surface area contributed by atoms with E-state index in [1.165, 1.54) is 27.8 Å². The van der Waals surface area contributed by atoms with Gasteiger partial charge in [-0.05, 0) is 46.4 Å². The lowest BCUT2D eigenvalue weighted by Crippen LogP contribution is -2.30. The predicted molar refractivity (Wildman–Crippen MR) is 161 cm³/mol. The van der Waals surface area contributed by atoms with Crippen molar-refractivity contribution < 1.29 is 13.4 Å². The Morgan fingerprint density at radius 1 is 0.550 bits per heavy atom. The van der Waals surface area contributed by atoms with Crippen molar-refractivity contribution in [3.05, 3.63) is 127 Å². The van der Waals surface area contributed by atoms with Crippen molar-refractivity contribution in [2.24, 2.45) is 7.05 Å². The van der Waals surface area contributed by atoms with E-state index in [9.17, 15) is 0 Å². The molecule has 0 bridgehead atoms. The Bertz CT molecular complexity index is 2090. The van der Waals surface area contributed by atoms with Crippen LogP contribution in [0.5, 0.6) is 0 Å². The standard InChI is InChI=1S/C37H26NO2/c1-23-11-3-4-12-25(23)32-21-24(19-20-38(32)2)33-22-34-37(39-33)35-30-17-9-7-15-28(30)26-13-5-6-14-27(26)29-16-8-10-18-31(29)36(35)40-34/h3-22H,1-2H3/q+1. The molecule has 3 aromatic heterocycles. The molecule has 190 valence electrons. The molecular weight excluding hydrogens is 490 g/mol. The molecule has 1 aliphatic carbocycles. The van der Waals surface area contributed by atoms with Gasteiger partial charge in [-0.15, -0.1) is 0 Å². The topological polar surface area (TPSA) is 30.2 Å². The third-order valence-corrected chi connectivity index (χ3v) is 8.10. The van der Waals surface area contributed by atoms with Gasteiger partial charge in [-0.25, -0.2) is 4.57 Å². The minimum absolute atomic E-state index is 0.751. The highest BCUT2D eigenvalue weighted by atomic mass is 16.4. The largest absolute Gasteiger partial charge is 0.452 e. The highest BCUT2D eigenvalue weighted by Gasteiger charge is 2.29. The van der Waals surface area contributed by atoms with Gasteiger partial charge in [-0.2, -0.15) is 0 Å². The molecule has 0 atom stereocenters. The second-order valence-corrected chi connectivity index (χ2v) is 10.5. The van der Waals surface area contributed by atoms with E-state index in [-0.39, 0.29) is 0 Å². The molecule has 3 nitrogen and oxygen atoms in total. The van der Waals surface area contributed by atoms with E-state index in [1.807, 2.05) is 6.07 Å². The smallest absolute Gasteiger partial charge is 0.213 e. The quantitative estimate of drug-likeness (QED) is 0.214. The molecule has 8 rings (SSSR count). The van der Waals surface area contributed by atoms with Crippen molar-refractivity contribution in [2.75, 3.05) is 0 Å². The van der Waals surface area contributed by atoms with Gasteiger partial charge in [0, 0.05) is 34.9 Å². The maximum Gasteiger partial charge on any atom is 0.213 e. The number of hydrogen-bond acceptors (Lipinski definition) is 2. The van der Waals surface area contributed by atoms with Crippen molar-refractivity contribution in [2.45, 2.75) is 6.92 Å². The molecule has 0 saturated carbocycles. The van der Waals surface area contributed by atoms with Crippen molar-refractivity contribution in [1.29, 1.82) is 0 Å². The second-order valence-electron chi connectivity index (χ2n) is 10.5. The molecule has 7 aromatic rings. The minimum Gasteiger partial charge on any atom is -0.452 e. The SMILES string of the molecule is Cc1ccccc1-c1cc(-c2cc3oc4c(c3o2)-c2ccccc2-c2ccccc2-c2ccccc2-4)cc[n+]1C. The lowest BCUT2D eigenvalue weighted by molar-refractivity contribution is -0.660. The molecule has 0 saturated heterocycles. The first-order valence-corrected chi connectivity index (χ1v) is 13.6. The first-order valence-electron chi connectivity index (χ1n) is 13.6. The number of pyridine rings is 1. The Kier molecular flexibility index (Phi) is 4.95. The van der Waals surface area contributed by atoms with Crippen LogP contribution < -0.4 is 4.57 Å². The Balaban J connectivity index is 1.38. The first-order chi connectivity index (χ1) is 19.7. The van der Waals surface area contributed by atoms with Crippen LogP contribution in [0.3, 0.4) is 0 Å². The van der Waals surface area contributed by atoms with Gasteiger partial charge in [-0.1, -0.05) is 91.0 Å². The Labute approximate surface area is 232 Å². The number of benzene rings is 4. The molecule has 1 aliphatic rings. The maximum absolute atomic E-state index is 6.71. The highest BCUT2D eigenvalue weighted by molar-refractivity contribution is 6.09. The Morgan fingerprint density at radius 2 is 1.10 bits per heavy atom. The molecule has 0 N–H and O–H groups in total. The lowest BCUT2D eigenvalue weighted by Gasteiger charge is -2.19. The third kappa shape index (κ3) is 3.34. The van der Waals surface area contributed by atoms with Crippen molar-refractivity contribution in [3.8, 4) is 67.3 Å². The normalized spacial score (nSPS) is 11.8. The summed E-state index contributed by atoms with van der Waals surface area (Å²) in [5.74, 6) is 1.64. The van der Waals surface area contributed by atoms with Gasteiger partial charge >= 0.3 is 0 Å². The van der Waals surface area contributed by atoms with Crippen LogP contribution in [0.4, 0.5) is 0 Å². The summed E-state index contributed by atoms with van der Waals surface area (Å²) >= 11 is 0. The van der Waals surface area contributed by atoms with E-state index in [1.54, 1.807) is 0 Å². The molecule has 40 heavy (non-hydrogen) atoms. The van der Waals surface area contributed by atoms with Gasteiger partial charge < -0.3 is 8.83 Å². The zero-order chi connectivity index (χ0) is 26.8. The molecule has 0 radical (unpaired) electrons. The summed E-state index contributed by atoms with van der Waals surface area (Å²) in [7, 11) is 2.08. The number of aromatic nitrogens is 1. The molecule has 0 spiro atoms. The van der Waals surface area contributed by atoms with Gasteiger partial charge in [-0.3, -0.25) is 0 Å². The fourth-order valence-electron chi connectivity index (χ4n) is 6.12. The third-order valence-electron chi connectivity index (χ3n) is 8.10. The highest BCUT2D eigenvalue weighted by Crippen LogP contribution is 2.51. The molecule has 0 unspecified atom stereocenters. The molecule has 3 heterocycles. The van der Waals surface area contributed by atoms with E-state index >= 15 is 0 Å². The monoisotopic (exact) mass is 516 g/mol. The summed E-state index contributed by atoms with van der Waals surface area (Å²) < 4.78 is 15.5. The number of hydrogen-bond donors (Lipinski definition) is 0. The van der Waals surface area contributed by atoms with E-state index in [0.29, 0.717) is 0 Å². The molecule has 0 aliphatic heterocycles. The van der Waals surface area contributed by atoms with Crippen LogP contribution in [-0.4, -0.2) is 0 Å². The number of fused-ring (bicyclic) bond motifs is 10. The fourth-order valence-corrected chi connectivity index (χ4v) is 6.12.